The number of alkyl halides is 1. The van der Waals surface area contributed by atoms with Gasteiger partial charge >= 0.3 is 0 Å². The Morgan fingerprint density at radius 1 is 1.50 bits per heavy atom. The number of rotatable bonds is 6. The predicted molar refractivity (Wildman–Crippen MR) is 54.8 cm³/mol. The van der Waals surface area contributed by atoms with Gasteiger partial charge in [0.05, 0.1) is 5.60 Å². The molecule has 12 heavy (non-hydrogen) atoms. The van der Waals surface area contributed by atoms with Crippen LogP contribution in [0, 0.1) is 5.92 Å². The number of halogens is 1. The Morgan fingerprint density at radius 2 is 2.08 bits per heavy atom. The third-order valence-electron chi connectivity index (χ3n) is 2.62. The highest BCUT2D eigenvalue weighted by Gasteiger charge is 2.23. The van der Waals surface area contributed by atoms with Crippen molar-refractivity contribution in [1.29, 1.82) is 0 Å². The van der Waals surface area contributed by atoms with Crippen LogP contribution in [0.5, 0.6) is 0 Å². The maximum absolute atomic E-state index is 5.67. The Kier molecular flexibility index (Phi) is 5.94. The zero-order chi connectivity index (χ0) is 9.61. The van der Waals surface area contributed by atoms with E-state index < -0.39 is 0 Å². The van der Waals surface area contributed by atoms with Crippen LogP contribution in [0.4, 0.5) is 0 Å². The van der Waals surface area contributed by atoms with Gasteiger partial charge in [-0.25, -0.2) is 0 Å². The quantitative estimate of drug-likeness (QED) is 0.586. The van der Waals surface area contributed by atoms with Crippen molar-refractivity contribution in [2.45, 2.75) is 45.6 Å². The summed E-state index contributed by atoms with van der Waals surface area (Å²) < 4.78 is 5.46. The van der Waals surface area contributed by atoms with E-state index in [0.29, 0.717) is 5.92 Å². The van der Waals surface area contributed by atoms with Crippen LogP contribution in [-0.2, 0) is 4.74 Å². The van der Waals surface area contributed by atoms with Gasteiger partial charge in [-0.3, -0.25) is 0 Å². The summed E-state index contributed by atoms with van der Waals surface area (Å²) in [5.74, 6) is 1.41. The van der Waals surface area contributed by atoms with Gasteiger partial charge in [-0.1, -0.05) is 13.8 Å². The van der Waals surface area contributed by atoms with Crippen molar-refractivity contribution < 1.29 is 4.74 Å². The second-order valence-corrected chi connectivity index (χ2v) is 4.17. The number of hydrogen-bond acceptors (Lipinski definition) is 1. The third kappa shape index (κ3) is 4.32. The van der Waals surface area contributed by atoms with E-state index in [0.717, 1.165) is 25.1 Å². The van der Waals surface area contributed by atoms with Crippen molar-refractivity contribution >= 4 is 11.6 Å². The van der Waals surface area contributed by atoms with Crippen molar-refractivity contribution in [3.8, 4) is 0 Å². The summed E-state index contributed by atoms with van der Waals surface area (Å²) in [5.41, 5.74) is 0.0471. The molecule has 74 valence electrons. The van der Waals surface area contributed by atoms with Gasteiger partial charge in [-0.2, -0.15) is 0 Å². The molecule has 0 aliphatic rings. The van der Waals surface area contributed by atoms with Crippen molar-refractivity contribution in [2.75, 3.05) is 13.0 Å². The van der Waals surface area contributed by atoms with E-state index in [9.17, 15) is 0 Å². The summed E-state index contributed by atoms with van der Waals surface area (Å²) >= 11 is 5.67. The van der Waals surface area contributed by atoms with Gasteiger partial charge in [0.15, 0.2) is 0 Å². The Morgan fingerprint density at radius 3 is 2.42 bits per heavy atom. The zero-order valence-electron chi connectivity index (χ0n) is 8.69. The molecular weight excluding hydrogens is 172 g/mol. The molecular formula is C10H21ClO. The lowest BCUT2D eigenvalue weighted by molar-refractivity contribution is -0.0155. The Balaban J connectivity index is 3.84. The standard InChI is InChI=1S/C10H21ClO/c1-5-10(3,12-4)8-9(2)6-7-11/h9H,5-8H2,1-4H3. The van der Waals surface area contributed by atoms with Crippen molar-refractivity contribution in [1.82, 2.24) is 0 Å². The molecule has 0 saturated carbocycles. The van der Waals surface area contributed by atoms with E-state index in [-0.39, 0.29) is 5.60 Å². The Labute approximate surface area is 81.4 Å². The Hall–Kier alpha value is 0.250. The molecule has 0 aromatic carbocycles. The minimum absolute atomic E-state index is 0.0471. The molecule has 0 heterocycles. The van der Waals surface area contributed by atoms with E-state index in [1.807, 2.05) is 0 Å². The zero-order valence-corrected chi connectivity index (χ0v) is 9.45. The molecule has 0 aromatic heterocycles. The molecule has 0 radical (unpaired) electrons. The van der Waals surface area contributed by atoms with E-state index >= 15 is 0 Å². The maximum Gasteiger partial charge on any atom is 0.0650 e. The molecule has 0 aliphatic carbocycles. The van der Waals surface area contributed by atoms with Gasteiger partial charge in [0.1, 0.15) is 0 Å². The summed E-state index contributed by atoms with van der Waals surface area (Å²) in [6, 6.07) is 0. The monoisotopic (exact) mass is 192 g/mol. The van der Waals surface area contributed by atoms with Crippen molar-refractivity contribution in [3.05, 3.63) is 0 Å². The maximum atomic E-state index is 5.67. The van der Waals surface area contributed by atoms with Crippen LogP contribution in [-0.4, -0.2) is 18.6 Å². The molecule has 2 heteroatoms. The predicted octanol–water partition coefficient (Wildman–Crippen LogP) is 3.46. The second kappa shape index (κ2) is 5.82. The lowest BCUT2D eigenvalue weighted by Gasteiger charge is -2.29. The van der Waals surface area contributed by atoms with Crippen LogP contribution in [0.1, 0.15) is 40.0 Å². The molecule has 0 bridgehead atoms. The first-order valence-corrected chi connectivity index (χ1v) is 5.22. The van der Waals surface area contributed by atoms with Crippen LogP contribution in [0.15, 0.2) is 0 Å². The van der Waals surface area contributed by atoms with E-state index in [1.54, 1.807) is 7.11 Å². The van der Waals surface area contributed by atoms with Gasteiger partial charge in [0.25, 0.3) is 0 Å². The molecule has 1 nitrogen and oxygen atoms in total. The van der Waals surface area contributed by atoms with Crippen LogP contribution < -0.4 is 0 Å². The van der Waals surface area contributed by atoms with Crippen LogP contribution in [0.3, 0.4) is 0 Å². The average molecular weight is 193 g/mol. The van der Waals surface area contributed by atoms with Gasteiger partial charge in [-0.05, 0) is 32.1 Å². The summed E-state index contributed by atoms with van der Waals surface area (Å²) in [5, 5.41) is 0. The molecule has 0 saturated heterocycles. The highest BCUT2D eigenvalue weighted by atomic mass is 35.5. The molecule has 0 spiro atoms. The fraction of sp³-hybridized carbons (Fsp3) is 1.00. The van der Waals surface area contributed by atoms with Crippen LogP contribution >= 0.6 is 11.6 Å². The van der Waals surface area contributed by atoms with E-state index in [4.69, 9.17) is 16.3 Å². The lowest BCUT2D eigenvalue weighted by Crippen LogP contribution is -2.28. The number of methoxy groups -OCH3 is 1. The number of hydrogen-bond donors (Lipinski definition) is 0. The SMILES string of the molecule is CCC(C)(CC(C)CCCl)OC. The van der Waals surface area contributed by atoms with Crippen LogP contribution in [0.25, 0.3) is 0 Å². The van der Waals surface area contributed by atoms with Gasteiger partial charge in [0, 0.05) is 13.0 Å². The summed E-state index contributed by atoms with van der Waals surface area (Å²) in [4.78, 5) is 0. The fourth-order valence-electron chi connectivity index (χ4n) is 1.40. The minimum atomic E-state index is 0.0471. The second-order valence-electron chi connectivity index (χ2n) is 3.79. The van der Waals surface area contributed by atoms with Crippen LogP contribution in [0.2, 0.25) is 0 Å². The average Bonchev–Trinajstić information content (AvgIpc) is 2.05. The third-order valence-corrected chi connectivity index (χ3v) is 2.84. The first kappa shape index (κ1) is 12.2. The fourth-order valence-corrected chi connectivity index (χ4v) is 1.77. The minimum Gasteiger partial charge on any atom is -0.379 e. The van der Waals surface area contributed by atoms with Crippen molar-refractivity contribution in [2.24, 2.45) is 5.92 Å². The Bertz CT molecular complexity index is 110. The smallest absolute Gasteiger partial charge is 0.0650 e. The van der Waals surface area contributed by atoms with Gasteiger partial charge in [0.2, 0.25) is 0 Å². The highest BCUT2D eigenvalue weighted by Crippen LogP contribution is 2.25. The summed E-state index contributed by atoms with van der Waals surface area (Å²) in [7, 11) is 1.79. The van der Waals surface area contributed by atoms with Gasteiger partial charge in [-0.15, -0.1) is 11.6 Å². The summed E-state index contributed by atoms with van der Waals surface area (Å²) in [6.45, 7) is 6.56. The largest absolute Gasteiger partial charge is 0.379 e. The lowest BCUT2D eigenvalue weighted by atomic mass is 9.89. The first-order chi connectivity index (χ1) is 5.58. The molecule has 0 aliphatic heterocycles. The highest BCUT2D eigenvalue weighted by molar-refractivity contribution is 6.17. The van der Waals surface area contributed by atoms with Gasteiger partial charge < -0.3 is 4.74 Å². The molecule has 0 amide bonds. The molecule has 0 rings (SSSR count). The number of ether oxygens (including phenoxy) is 1. The first-order valence-electron chi connectivity index (χ1n) is 4.69. The van der Waals surface area contributed by atoms with E-state index in [1.165, 1.54) is 0 Å². The molecule has 0 fully saturated rings. The topological polar surface area (TPSA) is 9.23 Å². The molecule has 2 atom stereocenters. The molecule has 0 N–H and O–H groups in total. The summed E-state index contributed by atoms with van der Waals surface area (Å²) in [6.07, 6.45) is 3.25. The normalized spacial score (nSPS) is 18.8. The van der Waals surface area contributed by atoms with E-state index in [2.05, 4.69) is 20.8 Å². The molecule has 2 unspecified atom stereocenters. The molecule has 0 aromatic rings. The van der Waals surface area contributed by atoms with Crippen molar-refractivity contribution in [3.63, 3.8) is 0 Å².